The molecular weight excluding hydrogens is 766 g/mol. The number of rotatable bonds is 17. The highest BCUT2D eigenvalue weighted by atomic mass is 31.2. The van der Waals surface area contributed by atoms with Gasteiger partial charge >= 0.3 is 19.9 Å². The monoisotopic (exact) mass is 814 g/mol. The third kappa shape index (κ3) is 9.76. The molecule has 1 unspecified atom stereocenters. The van der Waals surface area contributed by atoms with Gasteiger partial charge in [-0.15, -0.1) is 17.8 Å². The van der Waals surface area contributed by atoms with Crippen LogP contribution in [0.5, 0.6) is 11.5 Å². The number of alkyl halides is 3. The van der Waals surface area contributed by atoms with Gasteiger partial charge in [0, 0.05) is 18.3 Å². The molecular formula is C40H48F3N5O8P+. The first-order chi connectivity index (χ1) is 27.1. The van der Waals surface area contributed by atoms with Crippen molar-refractivity contribution in [3.63, 3.8) is 0 Å². The Labute approximate surface area is 330 Å². The molecule has 1 saturated heterocycles. The van der Waals surface area contributed by atoms with Crippen molar-refractivity contribution in [1.82, 2.24) is 14.2 Å². The van der Waals surface area contributed by atoms with E-state index >= 15 is 0 Å². The predicted octanol–water partition coefficient (Wildman–Crippen LogP) is 6.83. The van der Waals surface area contributed by atoms with Crippen molar-refractivity contribution in [1.29, 1.82) is 5.26 Å². The average molecular weight is 815 g/mol. The molecule has 3 N–H and O–H groups in total. The number of hydrogen-bond acceptors (Lipinski definition) is 12. The highest BCUT2D eigenvalue weighted by molar-refractivity contribution is 7.63. The maximum Gasteiger partial charge on any atom is 0.523 e. The molecule has 0 spiro atoms. The van der Waals surface area contributed by atoms with Crippen LogP contribution >= 0.6 is 7.87 Å². The Morgan fingerprint density at radius 3 is 1.93 bits per heavy atom. The molecule has 0 saturated carbocycles. The van der Waals surface area contributed by atoms with Gasteiger partial charge in [0.05, 0.1) is 33.3 Å². The summed E-state index contributed by atoms with van der Waals surface area (Å²) < 4.78 is 81.4. The zero-order valence-corrected chi connectivity index (χ0v) is 33.4. The third-order valence-electron chi connectivity index (χ3n) is 9.54. The van der Waals surface area contributed by atoms with E-state index in [0.29, 0.717) is 28.2 Å². The van der Waals surface area contributed by atoms with Gasteiger partial charge in [-0.3, -0.25) is 9.30 Å². The lowest BCUT2D eigenvalue weighted by atomic mass is 9.80. The summed E-state index contributed by atoms with van der Waals surface area (Å²) in [5.74, 6) is 0.977. The number of halogens is 3. The van der Waals surface area contributed by atoms with Crippen LogP contribution in [0.3, 0.4) is 0 Å². The van der Waals surface area contributed by atoms with Crippen LogP contribution in [0.15, 0.2) is 95.9 Å². The first-order valence-corrected chi connectivity index (χ1v) is 20.0. The van der Waals surface area contributed by atoms with Gasteiger partial charge in [0.15, 0.2) is 12.3 Å². The van der Waals surface area contributed by atoms with Gasteiger partial charge in [-0.2, -0.15) is 14.8 Å². The fraction of sp³-hybridized carbons (Fsp3) is 0.425. The minimum atomic E-state index is -5.26. The van der Waals surface area contributed by atoms with Crippen LogP contribution in [-0.2, 0) is 24.3 Å². The zero-order chi connectivity index (χ0) is 41.5. The Kier molecular flexibility index (Phi) is 14.0. The molecule has 4 aromatic rings. The first-order valence-electron chi connectivity index (χ1n) is 18.2. The summed E-state index contributed by atoms with van der Waals surface area (Å²) in [7, 11) is -0.842. The van der Waals surface area contributed by atoms with Crippen LogP contribution in [0.25, 0.3) is 0 Å². The van der Waals surface area contributed by atoms with Crippen LogP contribution in [0.1, 0.15) is 57.0 Å². The van der Waals surface area contributed by atoms with Gasteiger partial charge in [-0.05, 0) is 74.7 Å². The summed E-state index contributed by atoms with van der Waals surface area (Å²) in [6, 6.07) is 26.0. The summed E-state index contributed by atoms with van der Waals surface area (Å²) in [4.78, 5) is 29.4. The van der Waals surface area contributed by atoms with E-state index in [0.717, 1.165) is 10.8 Å². The summed E-state index contributed by atoms with van der Waals surface area (Å²) in [5, 5.41) is 9.61. The number of ether oxygens (including phenoxy) is 5. The fourth-order valence-corrected chi connectivity index (χ4v) is 10.2. The molecule has 3 aromatic carbocycles. The normalized spacial score (nSPS) is 19.8. The van der Waals surface area contributed by atoms with Crippen LogP contribution in [-0.4, -0.2) is 82.9 Å². The molecule has 1 aromatic heterocycles. The maximum absolute atomic E-state index is 14.5. The van der Waals surface area contributed by atoms with E-state index < -0.39 is 56.7 Å². The molecule has 0 bridgehead atoms. The zero-order valence-electron chi connectivity index (χ0n) is 32.5. The van der Waals surface area contributed by atoms with E-state index in [-0.39, 0.29) is 30.5 Å². The van der Waals surface area contributed by atoms with Crippen molar-refractivity contribution >= 4 is 13.7 Å². The molecule has 0 aliphatic carbocycles. The largest absolute Gasteiger partial charge is 0.523 e. The summed E-state index contributed by atoms with van der Waals surface area (Å²) in [5.41, 5.74) is 5.18. The topological polar surface area (TPSA) is 164 Å². The molecule has 0 amide bonds. The fourth-order valence-electron chi connectivity index (χ4n) is 7.31. The molecule has 5 rings (SSSR count). The molecule has 17 heteroatoms. The lowest BCUT2D eigenvalue weighted by Gasteiger charge is -2.39. The Balaban J connectivity index is 1.72. The summed E-state index contributed by atoms with van der Waals surface area (Å²) in [6.07, 6.45) is -11.5. The molecule has 5 atom stereocenters. The number of benzene rings is 3. The maximum atomic E-state index is 14.5. The van der Waals surface area contributed by atoms with Crippen LogP contribution < -0.4 is 20.9 Å². The first kappa shape index (κ1) is 43.5. The second-order valence-corrected chi connectivity index (χ2v) is 16.3. The summed E-state index contributed by atoms with van der Waals surface area (Å²) >= 11 is 0. The van der Waals surface area contributed by atoms with Gasteiger partial charge in [-0.1, -0.05) is 54.6 Å². The molecule has 13 nitrogen and oxygen atoms in total. The van der Waals surface area contributed by atoms with Crippen molar-refractivity contribution in [2.45, 2.75) is 82.7 Å². The Morgan fingerprint density at radius 2 is 1.46 bits per heavy atom. The smallest absolute Gasteiger partial charge is 0.497 e. The molecule has 1 fully saturated rings. The van der Waals surface area contributed by atoms with Gasteiger partial charge in [0.1, 0.15) is 41.3 Å². The van der Waals surface area contributed by atoms with Crippen molar-refractivity contribution < 1.29 is 46.3 Å². The Hall–Kier alpha value is -4.59. The second-order valence-electron chi connectivity index (χ2n) is 13.9. The number of methoxy groups -OCH3 is 2. The number of nitrogens with zero attached hydrogens (tertiary/aromatic N) is 4. The molecule has 2 heterocycles. The number of nitrogen functional groups attached to an aromatic ring is 1. The molecule has 1 aliphatic heterocycles. The van der Waals surface area contributed by atoms with Crippen molar-refractivity contribution in [2.75, 3.05) is 32.7 Å². The van der Waals surface area contributed by atoms with Crippen molar-refractivity contribution in [3.8, 4) is 17.6 Å². The third-order valence-corrected chi connectivity index (χ3v) is 12.6. The van der Waals surface area contributed by atoms with Gasteiger partial charge in [0.25, 0.3) is 0 Å². The van der Waals surface area contributed by atoms with Gasteiger partial charge in [0.2, 0.25) is 0 Å². The predicted molar refractivity (Wildman–Crippen MR) is 207 cm³/mol. The SMILES string of the molecule is COc1ccc(C(OC[C@H]2O[C@@H](n3ccc(N)nc3=O)[C@H](OC(F)(F)F)[C@@H]2O[P+](O)(CCC#N)N(C(C)C)C(C)C)(c2ccccc2)c2ccc(OC)cc2)cc1. The number of hydrogen-bond donors (Lipinski definition) is 2. The molecule has 1 aliphatic rings. The van der Waals surface area contributed by atoms with E-state index in [1.54, 1.807) is 56.6 Å². The van der Waals surface area contributed by atoms with Gasteiger partial charge in [-0.25, -0.2) is 9.69 Å². The van der Waals surface area contributed by atoms with E-state index in [4.69, 9.17) is 33.9 Å². The van der Waals surface area contributed by atoms with Crippen molar-refractivity contribution in [3.05, 3.63) is 118 Å². The molecule has 306 valence electrons. The van der Waals surface area contributed by atoms with E-state index in [1.165, 1.54) is 20.3 Å². The number of nitrogens with two attached hydrogens (primary N) is 1. The molecule has 0 radical (unpaired) electrons. The standard InChI is InChI=1S/C40H47F3N5O8P/c1-26(2)48(27(3)4)57(50,24-10-22-44)56-35-33(54-37(36(35)55-40(41,42)43)47-23-21-34(45)46-38(47)49)25-53-39(28-11-8-7-9-12-28,29-13-17-31(51-5)18-14-29)30-15-19-32(52-6)20-16-30/h7-9,11-21,23,26-27,33,35-37,50H,10,24-25H2,1-6H3,(H-,45,46,49)/p+1/t33-,35-,36-,37-,57?/m1/s1. The van der Waals surface area contributed by atoms with Crippen LogP contribution in [0.2, 0.25) is 0 Å². The van der Waals surface area contributed by atoms with E-state index in [1.807, 2.05) is 60.7 Å². The minimum absolute atomic E-state index is 0.164. The highest BCUT2D eigenvalue weighted by Crippen LogP contribution is 2.64. The summed E-state index contributed by atoms with van der Waals surface area (Å²) in [6.45, 7) is 6.74. The Morgan fingerprint density at radius 1 is 0.912 bits per heavy atom. The van der Waals surface area contributed by atoms with Crippen molar-refractivity contribution in [2.24, 2.45) is 0 Å². The lowest BCUT2D eigenvalue weighted by Crippen LogP contribution is -2.47. The average Bonchev–Trinajstić information content (AvgIpc) is 3.48. The van der Waals surface area contributed by atoms with Crippen LogP contribution in [0.4, 0.5) is 19.0 Å². The molecule has 57 heavy (non-hydrogen) atoms. The Bertz CT molecular complexity index is 1960. The second kappa shape index (κ2) is 18.3. The van der Waals surface area contributed by atoms with E-state index in [2.05, 4.69) is 4.98 Å². The van der Waals surface area contributed by atoms with Gasteiger partial charge < -0.3 is 24.7 Å². The van der Waals surface area contributed by atoms with E-state index in [9.17, 15) is 28.1 Å². The number of aromatic nitrogens is 2. The lowest BCUT2D eigenvalue weighted by molar-refractivity contribution is -0.355. The minimum Gasteiger partial charge on any atom is -0.497 e. The van der Waals surface area contributed by atoms with Crippen LogP contribution in [0, 0.1) is 11.3 Å². The number of nitriles is 1. The highest BCUT2D eigenvalue weighted by Gasteiger charge is 2.60. The number of anilines is 1. The quantitative estimate of drug-likeness (QED) is 0.0846.